The van der Waals surface area contributed by atoms with E-state index >= 15 is 0 Å². The van der Waals surface area contributed by atoms with Crippen LogP contribution in [0.15, 0.2) is 96.3 Å². The highest BCUT2D eigenvalue weighted by Crippen LogP contribution is 2.55. The van der Waals surface area contributed by atoms with E-state index in [2.05, 4.69) is 40.2 Å². The molecule has 6 rings (SSSR count). The van der Waals surface area contributed by atoms with Crippen molar-refractivity contribution in [2.45, 2.75) is 12.1 Å². The Morgan fingerprint density at radius 2 is 1.70 bits per heavy atom. The van der Waals surface area contributed by atoms with Crippen molar-refractivity contribution < 1.29 is 0 Å². The quantitative estimate of drug-likeness (QED) is 0.424. The van der Waals surface area contributed by atoms with Gasteiger partial charge >= 0.3 is 0 Å². The first kappa shape index (κ1) is 19.1. The molecule has 33 heavy (non-hydrogen) atoms. The number of aromatic amines is 1. The van der Waals surface area contributed by atoms with E-state index in [-0.39, 0.29) is 6.04 Å². The van der Waals surface area contributed by atoms with Crippen LogP contribution in [0, 0.1) is 28.1 Å². The van der Waals surface area contributed by atoms with Crippen LogP contribution in [0.3, 0.4) is 0 Å². The summed E-state index contributed by atoms with van der Waals surface area (Å²) < 4.78 is 0. The van der Waals surface area contributed by atoms with Gasteiger partial charge in [0.05, 0.1) is 35.6 Å². The van der Waals surface area contributed by atoms with Crippen molar-refractivity contribution in [1.82, 2.24) is 9.88 Å². The molecule has 3 aromatic carbocycles. The number of rotatable bonds is 2. The third-order valence-electron chi connectivity index (χ3n) is 6.64. The third kappa shape index (κ3) is 2.73. The van der Waals surface area contributed by atoms with E-state index in [1.54, 1.807) is 0 Å². The fourth-order valence-electron chi connectivity index (χ4n) is 5.15. The van der Waals surface area contributed by atoms with Gasteiger partial charge in [-0.1, -0.05) is 54.6 Å². The lowest BCUT2D eigenvalue weighted by Crippen LogP contribution is -2.30. The highest BCUT2D eigenvalue weighted by molar-refractivity contribution is 6.05. The molecular formula is C28H19N5. The van der Waals surface area contributed by atoms with Gasteiger partial charge in [-0.25, -0.2) is 0 Å². The van der Waals surface area contributed by atoms with Crippen molar-refractivity contribution in [2.24, 2.45) is 10.4 Å². The summed E-state index contributed by atoms with van der Waals surface area (Å²) >= 11 is 0. The van der Waals surface area contributed by atoms with Gasteiger partial charge in [0.2, 0.25) is 5.41 Å². The Balaban J connectivity index is 1.63. The minimum atomic E-state index is -1.44. The number of hydrogen-bond donors (Lipinski definition) is 1. The second-order valence-electron chi connectivity index (χ2n) is 8.39. The average Bonchev–Trinajstić information content (AvgIpc) is 3.45. The van der Waals surface area contributed by atoms with E-state index < -0.39 is 11.5 Å². The summed E-state index contributed by atoms with van der Waals surface area (Å²) in [5.41, 5.74) is 3.91. The lowest BCUT2D eigenvalue weighted by Gasteiger charge is -2.33. The predicted molar refractivity (Wildman–Crippen MR) is 128 cm³/mol. The number of nitrogens with one attached hydrogen (secondary N) is 1. The summed E-state index contributed by atoms with van der Waals surface area (Å²) in [6.45, 7) is 0. The van der Waals surface area contributed by atoms with Gasteiger partial charge < -0.3 is 9.88 Å². The van der Waals surface area contributed by atoms with Crippen LogP contribution >= 0.6 is 0 Å². The SMILES string of the molecule is N#CC1(C#N)C(=Nc2ccc3[nH]ccc3c2)[C@@H]2c3ccccc3C=CN2[C@H]1c1ccccc1. The zero-order valence-corrected chi connectivity index (χ0v) is 17.7. The smallest absolute Gasteiger partial charge is 0.208 e. The van der Waals surface area contributed by atoms with Crippen LogP contribution < -0.4 is 0 Å². The summed E-state index contributed by atoms with van der Waals surface area (Å²) in [4.78, 5) is 10.3. The molecule has 1 fully saturated rings. The Morgan fingerprint density at radius 3 is 2.52 bits per heavy atom. The first-order chi connectivity index (χ1) is 16.2. The van der Waals surface area contributed by atoms with Crippen molar-refractivity contribution in [3.05, 3.63) is 108 Å². The van der Waals surface area contributed by atoms with Crippen molar-refractivity contribution in [3.63, 3.8) is 0 Å². The zero-order valence-electron chi connectivity index (χ0n) is 17.7. The molecule has 0 unspecified atom stereocenters. The molecule has 1 N–H and O–H groups in total. The summed E-state index contributed by atoms with van der Waals surface area (Å²) in [6, 6.07) is 29.8. The fourth-order valence-corrected chi connectivity index (χ4v) is 5.15. The Hall–Kier alpha value is -4.61. The molecule has 0 spiro atoms. The Morgan fingerprint density at radius 1 is 0.909 bits per heavy atom. The molecule has 2 aliphatic heterocycles. The van der Waals surface area contributed by atoms with Crippen LogP contribution in [-0.4, -0.2) is 15.6 Å². The Labute approximate surface area is 191 Å². The molecule has 3 heterocycles. The highest BCUT2D eigenvalue weighted by Gasteiger charge is 2.59. The lowest BCUT2D eigenvalue weighted by molar-refractivity contribution is 0.257. The summed E-state index contributed by atoms with van der Waals surface area (Å²) in [5, 5.41) is 22.1. The number of H-pyrrole nitrogens is 1. The largest absolute Gasteiger partial charge is 0.361 e. The summed E-state index contributed by atoms with van der Waals surface area (Å²) in [7, 11) is 0. The van der Waals surface area contributed by atoms with E-state index in [1.165, 1.54) is 0 Å². The van der Waals surface area contributed by atoms with Gasteiger partial charge in [0.1, 0.15) is 0 Å². The molecule has 2 atom stereocenters. The molecule has 1 aromatic heterocycles. The van der Waals surface area contributed by atoms with Gasteiger partial charge in [0.25, 0.3) is 0 Å². The molecule has 156 valence electrons. The number of aromatic nitrogens is 1. The van der Waals surface area contributed by atoms with E-state index in [1.807, 2.05) is 79.1 Å². The van der Waals surface area contributed by atoms with Gasteiger partial charge in [-0.05, 0) is 47.0 Å². The molecule has 0 bridgehead atoms. The van der Waals surface area contributed by atoms with Gasteiger partial charge in [-0.2, -0.15) is 10.5 Å². The molecule has 0 saturated carbocycles. The van der Waals surface area contributed by atoms with Gasteiger partial charge in [0, 0.05) is 23.3 Å². The first-order valence-electron chi connectivity index (χ1n) is 10.8. The number of nitrogens with zero attached hydrogens (tertiary/aromatic N) is 4. The maximum atomic E-state index is 10.5. The standard InChI is InChI=1S/C28H19N5/c29-17-28(18-30)26(32-22-10-11-24-21(16-22)12-14-31-24)25-23-9-5-4-6-19(23)13-15-33(25)27(28)20-7-2-1-3-8-20/h1-16,25,27,31H/t25-,27-/m0/s1. The van der Waals surface area contributed by atoms with Crippen molar-refractivity contribution >= 4 is 28.4 Å². The molecule has 2 aliphatic rings. The second kappa shape index (κ2) is 7.22. The average molecular weight is 425 g/mol. The number of benzene rings is 3. The van der Waals surface area contributed by atoms with Crippen molar-refractivity contribution in [3.8, 4) is 12.1 Å². The molecule has 5 heteroatoms. The summed E-state index contributed by atoms with van der Waals surface area (Å²) in [5.74, 6) is 0. The van der Waals surface area contributed by atoms with E-state index in [4.69, 9.17) is 4.99 Å². The minimum Gasteiger partial charge on any atom is -0.361 e. The second-order valence-corrected chi connectivity index (χ2v) is 8.39. The van der Waals surface area contributed by atoms with Crippen LogP contribution in [0.25, 0.3) is 17.0 Å². The zero-order chi connectivity index (χ0) is 22.4. The van der Waals surface area contributed by atoms with E-state index in [9.17, 15) is 10.5 Å². The van der Waals surface area contributed by atoms with Crippen LogP contribution in [0.5, 0.6) is 0 Å². The fraction of sp³-hybridized carbons (Fsp3) is 0.107. The number of fused-ring (bicyclic) bond motifs is 4. The Kier molecular flexibility index (Phi) is 4.18. The van der Waals surface area contributed by atoms with Gasteiger partial charge in [-0.15, -0.1) is 0 Å². The maximum absolute atomic E-state index is 10.5. The van der Waals surface area contributed by atoms with E-state index in [0.717, 1.165) is 33.3 Å². The maximum Gasteiger partial charge on any atom is 0.208 e. The minimum absolute atomic E-state index is 0.308. The van der Waals surface area contributed by atoms with Crippen molar-refractivity contribution in [1.29, 1.82) is 10.5 Å². The number of aliphatic imine (C=N–C) groups is 1. The first-order valence-corrected chi connectivity index (χ1v) is 10.8. The third-order valence-corrected chi connectivity index (χ3v) is 6.64. The van der Waals surface area contributed by atoms with Crippen LogP contribution in [-0.2, 0) is 0 Å². The van der Waals surface area contributed by atoms with Crippen LogP contribution in [0.2, 0.25) is 0 Å². The predicted octanol–water partition coefficient (Wildman–Crippen LogP) is 6.06. The normalized spacial score (nSPS) is 21.4. The topological polar surface area (TPSA) is 79.0 Å². The molecule has 0 amide bonds. The molecule has 5 nitrogen and oxygen atoms in total. The van der Waals surface area contributed by atoms with Gasteiger partial charge in [-0.3, -0.25) is 4.99 Å². The van der Waals surface area contributed by atoms with Crippen LogP contribution in [0.4, 0.5) is 5.69 Å². The molecular weight excluding hydrogens is 406 g/mol. The number of hydrogen-bond acceptors (Lipinski definition) is 4. The van der Waals surface area contributed by atoms with Gasteiger partial charge in [0.15, 0.2) is 0 Å². The monoisotopic (exact) mass is 425 g/mol. The molecule has 0 radical (unpaired) electrons. The van der Waals surface area contributed by atoms with Crippen molar-refractivity contribution in [2.75, 3.05) is 0 Å². The van der Waals surface area contributed by atoms with E-state index in [0.29, 0.717) is 5.71 Å². The molecule has 0 aliphatic carbocycles. The highest BCUT2D eigenvalue weighted by atomic mass is 15.2. The Bertz CT molecular complexity index is 1500. The van der Waals surface area contributed by atoms with Crippen LogP contribution in [0.1, 0.15) is 28.8 Å². The lowest BCUT2D eigenvalue weighted by atomic mass is 9.76. The molecule has 1 saturated heterocycles. The summed E-state index contributed by atoms with van der Waals surface area (Å²) in [6.07, 6.45) is 5.95. The number of nitriles is 2. The molecule has 4 aromatic rings.